The first-order valence-electron chi connectivity index (χ1n) is 13.5. The van der Waals surface area contributed by atoms with Crippen molar-refractivity contribution < 1.29 is 37.3 Å². The molecule has 0 saturated carbocycles. The fourth-order valence-corrected chi connectivity index (χ4v) is 4.52. The second-order valence-electron chi connectivity index (χ2n) is 9.77. The molecule has 0 aliphatic carbocycles. The molecule has 4 rings (SSSR count). The van der Waals surface area contributed by atoms with E-state index >= 15 is 0 Å². The number of nitrogens with zero attached hydrogens (tertiary/aromatic N) is 1. The lowest BCUT2D eigenvalue weighted by molar-refractivity contribution is -0.192. The summed E-state index contributed by atoms with van der Waals surface area (Å²) >= 11 is 0. The first-order valence-corrected chi connectivity index (χ1v) is 13.5. The zero-order valence-corrected chi connectivity index (χ0v) is 23.8. The van der Waals surface area contributed by atoms with E-state index in [4.69, 9.17) is 19.4 Å². The third-order valence-corrected chi connectivity index (χ3v) is 6.46. The van der Waals surface area contributed by atoms with Crippen molar-refractivity contribution in [3.05, 3.63) is 83.4 Å². The van der Waals surface area contributed by atoms with Gasteiger partial charge in [-0.2, -0.15) is 13.2 Å². The highest BCUT2D eigenvalue weighted by Gasteiger charge is 2.38. The number of carbonyl (C=O) groups is 2. The molecule has 3 aromatic carbocycles. The minimum Gasteiger partial charge on any atom is -0.496 e. The van der Waals surface area contributed by atoms with Crippen LogP contribution >= 0.6 is 0 Å². The molecule has 1 atom stereocenters. The number of piperazine rings is 1. The molecule has 1 unspecified atom stereocenters. The van der Waals surface area contributed by atoms with Crippen LogP contribution in [0.5, 0.6) is 11.5 Å². The highest BCUT2D eigenvalue weighted by Crippen LogP contribution is 2.32. The van der Waals surface area contributed by atoms with Crippen molar-refractivity contribution in [3.8, 4) is 22.6 Å². The van der Waals surface area contributed by atoms with Gasteiger partial charge in [0, 0.05) is 49.9 Å². The summed E-state index contributed by atoms with van der Waals surface area (Å²) in [5.74, 6) is -1.37. The van der Waals surface area contributed by atoms with Crippen molar-refractivity contribution in [1.29, 1.82) is 0 Å². The maximum absolute atomic E-state index is 12.7. The largest absolute Gasteiger partial charge is 0.496 e. The number of alkyl halides is 3. The number of aliphatic carboxylic acids is 1. The third-order valence-electron chi connectivity index (χ3n) is 6.46. The van der Waals surface area contributed by atoms with Crippen LogP contribution in [-0.2, 0) is 17.9 Å². The maximum Gasteiger partial charge on any atom is 0.490 e. The van der Waals surface area contributed by atoms with Crippen LogP contribution in [0.25, 0.3) is 11.1 Å². The maximum atomic E-state index is 12.7. The quantitative estimate of drug-likeness (QED) is 0.320. The topological polar surface area (TPSA) is 100 Å². The van der Waals surface area contributed by atoms with Gasteiger partial charge in [0.1, 0.15) is 11.5 Å². The van der Waals surface area contributed by atoms with Crippen LogP contribution in [0.3, 0.4) is 0 Å². The molecular formula is C31H36F3N3O5. The summed E-state index contributed by atoms with van der Waals surface area (Å²) < 4.78 is 42.9. The number of amides is 1. The van der Waals surface area contributed by atoms with Gasteiger partial charge in [0.25, 0.3) is 5.91 Å². The summed E-state index contributed by atoms with van der Waals surface area (Å²) in [6, 6.07) is 22.5. The van der Waals surface area contributed by atoms with Gasteiger partial charge in [0.15, 0.2) is 0 Å². The average molecular weight is 588 g/mol. The molecule has 226 valence electrons. The van der Waals surface area contributed by atoms with Crippen molar-refractivity contribution in [2.24, 2.45) is 0 Å². The molecule has 1 heterocycles. The Hall–Kier alpha value is -4.09. The van der Waals surface area contributed by atoms with Crippen LogP contribution in [0.15, 0.2) is 66.7 Å². The molecule has 11 heteroatoms. The number of ether oxygens (including phenoxy) is 2. The van der Waals surface area contributed by atoms with Crippen LogP contribution in [0.4, 0.5) is 13.2 Å². The minimum absolute atomic E-state index is 0.129. The number of carbonyl (C=O) groups excluding carboxylic acids is 1. The third kappa shape index (κ3) is 9.78. The summed E-state index contributed by atoms with van der Waals surface area (Å²) in [6.45, 7) is 9.21. The zero-order valence-electron chi connectivity index (χ0n) is 23.8. The van der Waals surface area contributed by atoms with Crippen LogP contribution in [0.1, 0.15) is 35.3 Å². The number of hydrogen-bond donors (Lipinski definition) is 3. The molecule has 42 heavy (non-hydrogen) atoms. The minimum atomic E-state index is -5.08. The Kier molecular flexibility index (Phi) is 11.8. The summed E-state index contributed by atoms with van der Waals surface area (Å²) in [4.78, 5) is 24.1. The van der Waals surface area contributed by atoms with E-state index in [1.165, 1.54) is 5.56 Å². The van der Waals surface area contributed by atoms with E-state index in [1.807, 2.05) is 31.2 Å². The van der Waals surface area contributed by atoms with Crippen molar-refractivity contribution in [3.63, 3.8) is 0 Å². The number of carboxylic acid groups (broad SMARTS) is 1. The normalized spacial score (nSPS) is 15.2. The van der Waals surface area contributed by atoms with E-state index in [0.29, 0.717) is 30.5 Å². The van der Waals surface area contributed by atoms with E-state index in [9.17, 15) is 18.0 Å². The van der Waals surface area contributed by atoms with E-state index in [-0.39, 0.29) is 5.91 Å². The van der Waals surface area contributed by atoms with Crippen LogP contribution in [-0.4, -0.2) is 67.5 Å². The van der Waals surface area contributed by atoms with Crippen molar-refractivity contribution in [2.75, 3.05) is 33.4 Å². The fraction of sp³-hybridized carbons (Fsp3) is 0.355. The number of nitrogens with one attached hydrogen (secondary N) is 2. The van der Waals surface area contributed by atoms with Gasteiger partial charge < -0.3 is 25.2 Å². The first-order chi connectivity index (χ1) is 20.0. The van der Waals surface area contributed by atoms with Crippen molar-refractivity contribution in [1.82, 2.24) is 15.5 Å². The second-order valence-corrected chi connectivity index (χ2v) is 9.77. The van der Waals surface area contributed by atoms with Crippen LogP contribution in [0.2, 0.25) is 0 Å². The van der Waals surface area contributed by atoms with E-state index in [1.54, 1.807) is 19.2 Å². The molecule has 1 amide bonds. The lowest BCUT2D eigenvalue weighted by atomic mass is 9.99. The molecular weight excluding hydrogens is 551 g/mol. The van der Waals surface area contributed by atoms with Gasteiger partial charge in [-0.05, 0) is 66.9 Å². The smallest absolute Gasteiger partial charge is 0.490 e. The molecule has 3 aromatic rings. The standard InChI is InChI=1S/C29H35N3O3.C2HF3O2/c1-4-35-26-10-6-9-25(17-26)29(33)31-18-22-11-12-28(34-3)27(16-22)24-8-5-7-23(15-24)20-32-14-13-30-21(2)19-32;3-2(4,5)1(6)7/h5-12,15-17,21,30H,4,13-14,18-20H2,1-3H3,(H,31,33);(H,6,7). The lowest BCUT2D eigenvalue weighted by Crippen LogP contribution is -2.48. The molecule has 1 aliphatic heterocycles. The summed E-state index contributed by atoms with van der Waals surface area (Å²) in [7, 11) is 1.69. The Morgan fingerprint density at radius 2 is 1.81 bits per heavy atom. The second kappa shape index (κ2) is 15.2. The van der Waals surface area contributed by atoms with Gasteiger partial charge in [-0.15, -0.1) is 0 Å². The van der Waals surface area contributed by atoms with Gasteiger partial charge in [-0.3, -0.25) is 9.69 Å². The molecule has 3 N–H and O–H groups in total. The average Bonchev–Trinajstić information content (AvgIpc) is 2.96. The van der Waals surface area contributed by atoms with Crippen molar-refractivity contribution in [2.45, 2.75) is 39.2 Å². The van der Waals surface area contributed by atoms with Gasteiger partial charge in [-0.25, -0.2) is 4.79 Å². The summed E-state index contributed by atoms with van der Waals surface area (Å²) in [5, 5.41) is 13.6. The molecule has 0 bridgehead atoms. The highest BCUT2D eigenvalue weighted by molar-refractivity contribution is 5.94. The Morgan fingerprint density at radius 3 is 2.48 bits per heavy atom. The van der Waals surface area contributed by atoms with Crippen molar-refractivity contribution >= 4 is 11.9 Å². The number of benzene rings is 3. The predicted octanol–water partition coefficient (Wildman–Crippen LogP) is 5.12. The molecule has 1 aliphatic rings. The molecule has 0 spiro atoms. The lowest BCUT2D eigenvalue weighted by Gasteiger charge is -2.31. The summed E-state index contributed by atoms with van der Waals surface area (Å²) in [6.07, 6.45) is -5.08. The van der Waals surface area contributed by atoms with E-state index in [2.05, 4.69) is 52.8 Å². The predicted molar refractivity (Wildman–Crippen MR) is 154 cm³/mol. The number of halogens is 3. The molecule has 0 aromatic heterocycles. The Bertz CT molecular complexity index is 1350. The number of carboxylic acids is 1. The van der Waals surface area contributed by atoms with Crippen LogP contribution < -0.4 is 20.1 Å². The Labute approximate surface area is 243 Å². The fourth-order valence-electron chi connectivity index (χ4n) is 4.52. The van der Waals surface area contributed by atoms with E-state index < -0.39 is 12.1 Å². The number of rotatable bonds is 9. The van der Waals surface area contributed by atoms with Crippen LogP contribution in [0, 0.1) is 0 Å². The summed E-state index contributed by atoms with van der Waals surface area (Å²) in [5.41, 5.74) is 5.01. The van der Waals surface area contributed by atoms with Gasteiger partial charge in [0.2, 0.25) is 0 Å². The molecule has 8 nitrogen and oxygen atoms in total. The SMILES string of the molecule is CCOc1cccc(C(=O)NCc2ccc(OC)c(-c3cccc(CN4CCNC(C)C4)c3)c2)c1.O=C(O)C(F)(F)F. The molecule has 1 fully saturated rings. The molecule has 1 saturated heterocycles. The Balaban J connectivity index is 0.000000616. The van der Waals surface area contributed by atoms with Gasteiger partial charge in [0.05, 0.1) is 13.7 Å². The zero-order chi connectivity index (χ0) is 30.7. The number of hydrogen-bond acceptors (Lipinski definition) is 6. The van der Waals surface area contributed by atoms with Gasteiger partial charge >= 0.3 is 12.1 Å². The number of methoxy groups -OCH3 is 1. The monoisotopic (exact) mass is 587 g/mol. The van der Waals surface area contributed by atoms with E-state index in [0.717, 1.165) is 48.6 Å². The Morgan fingerprint density at radius 1 is 1.07 bits per heavy atom. The first kappa shape index (κ1) is 32.4. The van der Waals surface area contributed by atoms with Gasteiger partial charge in [-0.1, -0.05) is 30.3 Å². The highest BCUT2D eigenvalue weighted by atomic mass is 19.4. The molecule has 0 radical (unpaired) electrons.